The van der Waals surface area contributed by atoms with Gasteiger partial charge in [-0.2, -0.15) is 0 Å². The van der Waals surface area contributed by atoms with E-state index in [1.54, 1.807) is 17.8 Å². The average molecular weight is 444 g/mol. The zero-order valence-electron chi connectivity index (χ0n) is 10.3. The van der Waals surface area contributed by atoms with E-state index in [4.69, 9.17) is 39.5 Å². The van der Waals surface area contributed by atoms with E-state index in [0.717, 1.165) is 17.7 Å². The van der Waals surface area contributed by atoms with Crippen LogP contribution in [0.2, 0.25) is 15.1 Å². The zero-order chi connectivity index (χ0) is 12.4. The van der Waals surface area contributed by atoms with Gasteiger partial charge >= 0.3 is 68.9 Å². The molecule has 0 radical (unpaired) electrons. The van der Waals surface area contributed by atoms with E-state index < -0.39 is 0 Å². The molecule has 0 amide bonds. The summed E-state index contributed by atoms with van der Waals surface area (Å²) < 4.78 is 5.52. The zero-order valence-corrected chi connectivity index (χ0v) is 19.6. The quantitative estimate of drug-likeness (QED) is 0.524. The molecule has 1 heterocycles. The Morgan fingerprint density at radius 3 is 2.56 bits per heavy atom. The maximum absolute atomic E-state index is 6.11. The number of ether oxygens (including phenoxy) is 1. The van der Waals surface area contributed by atoms with Crippen LogP contribution >= 0.6 is 46.6 Å². The number of thioether (sulfide) groups is 1. The van der Waals surface area contributed by atoms with Crippen molar-refractivity contribution in [2.45, 2.75) is 24.5 Å². The van der Waals surface area contributed by atoms with E-state index in [1.807, 2.05) is 12.7 Å². The van der Waals surface area contributed by atoms with E-state index >= 15 is 0 Å². The maximum Gasteiger partial charge on any atom is 1.00 e. The van der Waals surface area contributed by atoms with Crippen LogP contribution < -0.4 is 68.9 Å². The smallest absolute Gasteiger partial charge is 0.542 e. The largest absolute Gasteiger partial charge is 1.00 e. The van der Waals surface area contributed by atoms with Gasteiger partial charge in [0, 0.05) is 10.8 Å². The molecular formula is C12H12Cl3CsOS. The molecule has 1 saturated heterocycles. The van der Waals surface area contributed by atoms with Crippen LogP contribution in [-0.4, -0.2) is 5.44 Å². The topological polar surface area (TPSA) is 9.23 Å². The van der Waals surface area contributed by atoms with Crippen LogP contribution in [0.15, 0.2) is 12.1 Å². The summed E-state index contributed by atoms with van der Waals surface area (Å²) >= 11 is 19.7. The predicted octanol–water partition coefficient (Wildman–Crippen LogP) is 2.43. The van der Waals surface area contributed by atoms with Crippen molar-refractivity contribution in [1.82, 2.24) is 0 Å². The molecule has 1 fully saturated rings. The summed E-state index contributed by atoms with van der Waals surface area (Å²) in [6.45, 7) is 4.04. The fourth-order valence-electron chi connectivity index (χ4n) is 1.60. The van der Waals surface area contributed by atoms with Gasteiger partial charge in [-0.05, 0) is 24.1 Å². The summed E-state index contributed by atoms with van der Waals surface area (Å²) in [5.74, 6) is 1.30. The number of halogens is 3. The van der Waals surface area contributed by atoms with Crippen LogP contribution in [0.3, 0.4) is 0 Å². The molecule has 2 atom stereocenters. The van der Waals surface area contributed by atoms with Crippen molar-refractivity contribution < 1.29 is 73.6 Å². The summed E-state index contributed by atoms with van der Waals surface area (Å²) in [6, 6.07) is 3.51. The second kappa shape index (κ2) is 8.79. The summed E-state index contributed by atoms with van der Waals surface area (Å²) in [5, 5.41) is 1.69. The molecule has 0 N–H and O–H groups in total. The van der Waals surface area contributed by atoms with E-state index in [-0.39, 0.29) is 74.3 Å². The van der Waals surface area contributed by atoms with Crippen molar-refractivity contribution in [2.75, 3.05) is 0 Å². The van der Waals surface area contributed by atoms with Gasteiger partial charge < -0.3 is 4.74 Å². The van der Waals surface area contributed by atoms with Crippen LogP contribution in [0.25, 0.3) is 0 Å². The van der Waals surface area contributed by atoms with E-state index in [9.17, 15) is 0 Å². The van der Waals surface area contributed by atoms with Crippen LogP contribution in [0, 0.1) is 12.5 Å². The first-order valence-electron chi connectivity index (χ1n) is 5.30. The third-order valence-electron chi connectivity index (χ3n) is 2.54. The fourth-order valence-corrected chi connectivity index (χ4v) is 3.50. The summed E-state index contributed by atoms with van der Waals surface area (Å²) in [6.07, 6.45) is 1.05. The summed E-state index contributed by atoms with van der Waals surface area (Å²) in [7, 11) is 0. The molecule has 6 heteroatoms. The van der Waals surface area contributed by atoms with Crippen molar-refractivity contribution in [1.29, 1.82) is 0 Å². The van der Waals surface area contributed by atoms with Crippen molar-refractivity contribution in [3.63, 3.8) is 0 Å². The maximum atomic E-state index is 6.11. The molecule has 0 bridgehead atoms. The molecule has 1 aliphatic heterocycles. The molecule has 0 saturated carbocycles. The molecule has 1 aromatic carbocycles. The van der Waals surface area contributed by atoms with Gasteiger partial charge in [0.2, 0.25) is 0 Å². The fraction of sp³-hybridized carbons (Fsp3) is 0.417. The Bertz CT molecular complexity index is 417. The van der Waals surface area contributed by atoms with Gasteiger partial charge in [-0.15, -0.1) is 17.7 Å². The summed E-state index contributed by atoms with van der Waals surface area (Å²) in [5.41, 5.74) is 1.21. The van der Waals surface area contributed by atoms with Crippen molar-refractivity contribution in [3.8, 4) is 0 Å². The SMILES string of the molecule is C[C@H]1[CH-]OC(SCc2cc(Cl)c(Cl)cc2Cl)C1.[Cs+]. The number of benzene rings is 1. The minimum atomic E-state index is 0. The standard InChI is InChI=1S/C12H12Cl3OS.Cs/c1-7-2-12(16-5-7)17-6-8-3-10(14)11(15)4-9(8)13;/h3-5,7,12H,2,6H2,1H3;/q-1;+1/t7-,12?;/m1./s1. The minimum Gasteiger partial charge on any atom is -0.542 e. The second-order valence-electron chi connectivity index (χ2n) is 4.08. The molecule has 94 valence electrons. The monoisotopic (exact) mass is 442 g/mol. The number of rotatable bonds is 3. The van der Waals surface area contributed by atoms with E-state index in [2.05, 4.69) is 6.92 Å². The first-order valence-corrected chi connectivity index (χ1v) is 7.48. The van der Waals surface area contributed by atoms with Crippen molar-refractivity contribution in [3.05, 3.63) is 39.4 Å². The van der Waals surface area contributed by atoms with Gasteiger partial charge in [0.1, 0.15) is 0 Å². The summed E-state index contributed by atoms with van der Waals surface area (Å²) in [4.78, 5) is 0. The predicted molar refractivity (Wildman–Crippen MR) is 75.7 cm³/mol. The van der Waals surface area contributed by atoms with E-state index in [0.29, 0.717) is 21.0 Å². The Balaban J connectivity index is 0.00000162. The molecule has 0 spiro atoms. The van der Waals surface area contributed by atoms with Crippen LogP contribution in [0.5, 0.6) is 0 Å². The van der Waals surface area contributed by atoms with Crippen LogP contribution in [0.1, 0.15) is 18.9 Å². The molecule has 18 heavy (non-hydrogen) atoms. The Kier molecular flexibility index (Phi) is 9.03. The molecule has 0 aromatic heterocycles. The molecule has 2 rings (SSSR count). The van der Waals surface area contributed by atoms with Gasteiger partial charge in [-0.3, -0.25) is 0 Å². The van der Waals surface area contributed by atoms with Gasteiger partial charge in [-0.25, -0.2) is 6.61 Å². The molecule has 0 aliphatic carbocycles. The Morgan fingerprint density at radius 2 is 1.94 bits per heavy atom. The van der Waals surface area contributed by atoms with Crippen molar-refractivity contribution >= 4 is 46.6 Å². The van der Waals surface area contributed by atoms with Gasteiger partial charge in [0.25, 0.3) is 0 Å². The second-order valence-corrected chi connectivity index (χ2v) is 6.45. The molecule has 1 aromatic rings. The normalized spacial score (nSPS) is 22.9. The van der Waals surface area contributed by atoms with Gasteiger partial charge in [0.05, 0.1) is 15.5 Å². The van der Waals surface area contributed by atoms with Gasteiger partial charge in [-0.1, -0.05) is 41.7 Å². The van der Waals surface area contributed by atoms with Gasteiger partial charge in [0.15, 0.2) is 0 Å². The van der Waals surface area contributed by atoms with Crippen molar-refractivity contribution in [2.24, 2.45) is 5.92 Å². The van der Waals surface area contributed by atoms with Crippen LogP contribution in [-0.2, 0) is 10.5 Å². The Hall–Kier alpha value is 2.45. The Morgan fingerprint density at radius 1 is 1.28 bits per heavy atom. The third-order valence-corrected chi connectivity index (χ3v) is 4.77. The molecule has 1 aliphatic rings. The van der Waals surface area contributed by atoms with E-state index in [1.165, 1.54) is 0 Å². The molecular weight excluding hydrogens is 431 g/mol. The minimum absolute atomic E-state index is 0. The first-order chi connectivity index (χ1) is 8.06. The Labute approximate surface area is 186 Å². The molecule has 1 unspecified atom stereocenters. The average Bonchev–Trinajstić information content (AvgIpc) is 2.68. The number of hydrogen-bond donors (Lipinski definition) is 0. The third kappa shape index (κ3) is 5.34. The molecule has 1 nitrogen and oxygen atoms in total. The number of hydrogen-bond acceptors (Lipinski definition) is 2. The van der Waals surface area contributed by atoms with Crippen LogP contribution in [0.4, 0.5) is 0 Å². The first kappa shape index (κ1) is 18.5.